The number of amides is 1. The van der Waals surface area contributed by atoms with E-state index < -0.39 is 54.9 Å². The quantitative estimate of drug-likeness (QED) is 0.629. The Bertz CT molecular complexity index is 740. The number of ether oxygens (including phenoxy) is 4. The van der Waals surface area contributed by atoms with Gasteiger partial charge in [0.25, 0.3) is 0 Å². The van der Waals surface area contributed by atoms with Gasteiger partial charge < -0.3 is 29.2 Å². The fraction of sp³-hybridized carbons (Fsp3) is 0.619. The van der Waals surface area contributed by atoms with Crippen LogP contribution in [0, 0.1) is 0 Å². The van der Waals surface area contributed by atoms with E-state index in [-0.39, 0.29) is 19.6 Å². The molecule has 2 saturated heterocycles. The molecular formula is C21H29NO8. The molecule has 0 saturated carbocycles. The smallest absolute Gasteiger partial charge is 0.410 e. The van der Waals surface area contributed by atoms with Crippen LogP contribution >= 0.6 is 0 Å². The van der Waals surface area contributed by atoms with E-state index in [4.69, 9.17) is 18.9 Å². The Labute approximate surface area is 175 Å². The van der Waals surface area contributed by atoms with Crippen molar-refractivity contribution in [2.75, 3.05) is 13.2 Å². The number of hydrogen-bond acceptors (Lipinski definition) is 8. The number of aliphatic hydroxyl groups is 2. The highest BCUT2D eigenvalue weighted by Crippen LogP contribution is 2.43. The van der Waals surface area contributed by atoms with Crippen LogP contribution < -0.4 is 0 Å². The lowest BCUT2D eigenvalue weighted by Gasteiger charge is -2.34. The molecule has 0 aliphatic carbocycles. The van der Waals surface area contributed by atoms with E-state index >= 15 is 0 Å². The van der Waals surface area contributed by atoms with Crippen molar-refractivity contribution >= 4 is 12.1 Å². The Kier molecular flexibility index (Phi) is 6.97. The maximum Gasteiger partial charge on any atom is 0.410 e. The first kappa shape index (κ1) is 22.5. The Morgan fingerprint density at radius 1 is 1.17 bits per heavy atom. The average Bonchev–Trinajstić information content (AvgIpc) is 3.17. The number of nitrogens with zero attached hydrogens (tertiary/aromatic N) is 1. The van der Waals surface area contributed by atoms with Crippen LogP contribution in [0.15, 0.2) is 30.3 Å². The zero-order valence-corrected chi connectivity index (χ0v) is 17.4. The lowest BCUT2D eigenvalue weighted by Crippen LogP contribution is -2.53. The third-order valence-corrected chi connectivity index (χ3v) is 5.24. The molecule has 0 aromatic heterocycles. The third-order valence-electron chi connectivity index (χ3n) is 5.24. The zero-order chi connectivity index (χ0) is 21.9. The predicted molar refractivity (Wildman–Crippen MR) is 104 cm³/mol. The van der Waals surface area contributed by atoms with Crippen LogP contribution in [0.4, 0.5) is 4.79 Å². The minimum atomic E-state index is -1.30. The molecule has 0 spiro atoms. The normalized spacial score (nSPS) is 28.1. The van der Waals surface area contributed by atoms with Gasteiger partial charge in [0.2, 0.25) is 0 Å². The molecule has 1 aromatic carbocycles. The van der Waals surface area contributed by atoms with Gasteiger partial charge in [-0.05, 0) is 26.3 Å². The van der Waals surface area contributed by atoms with E-state index in [1.54, 1.807) is 20.8 Å². The molecule has 1 amide bonds. The van der Waals surface area contributed by atoms with Crippen molar-refractivity contribution in [3.63, 3.8) is 0 Å². The minimum Gasteiger partial charge on any atom is -0.466 e. The van der Waals surface area contributed by atoms with Gasteiger partial charge in [-0.2, -0.15) is 0 Å². The maximum absolute atomic E-state index is 13.0. The molecule has 2 aliphatic rings. The van der Waals surface area contributed by atoms with Crippen molar-refractivity contribution in [2.45, 2.75) is 70.0 Å². The van der Waals surface area contributed by atoms with Crippen molar-refractivity contribution in [1.29, 1.82) is 0 Å². The lowest BCUT2D eigenvalue weighted by atomic mass is 10.0. The second-order valence-electron chi connectivity index (χ2n) is 7.83. The van der Waals surface area contributed by atoms with Gasteiger partial charge in [0.1, 0.15) is 24.9 Å². The maximum atomic E-state index is 13.0. The fourth-order valence-corrected chi connectivity index (χ4v) is 4.09. The molecular weight excluding hydrogens is 394 g/mol. The van der Waals surface area contributed by atoms with Gasteiger partial charge in [-0.3, -0.25) is 9.69 Å². The Balaban J connectivity index is 1.86. The summed E-state index contributed by atoms with van der Waals surface area (Å²) in [4.78, 5) is 26.5. The monoisotopic (exact) mass is 423 g/mol. The number of fused-ring (bicyclic) bond motifs is 1. The van der Waals surface area contributed by atoms with Crippen molar-refractivity contribution in [3.8, 4) is 0 Å². The van der Waals surface area contributed by atoms with Crippen molar-refractivity contribution in [1.82, 2.24) is 4.90 Å². The number of aliphatic hydroxyl groups excluding tert-OH is 2. The summed E-state index contributed by atoms with van der Waals surface area (Å²) in [5.74, 6) is -1.47. The van der Waals surface area contributed by atoms with E-state index in [1.165, 1.54) is 4.90 Å². The fourth-order valence-electron chi connectivity index (χ4n) is 4.09. The second-order valence-corrected chi connectivity index (χ2v) is 7.83. The molecule has 0 bridgehead atoms. The lowest BCUT2D eigenvalue weighted by molar-refractivity contribution is -0.175. The van der Waals surface area contributed by atoms with Gasteiger partial charge >= 0.3 is 12.1 Å². The number of hydrogen-bond donors (Lipinski definition) is 2. The van der Waals surface area contributed by atoms with E-state index in [9.17, 15) is 19.8 Å². The Morgan fingerprint density at radius 3 is 2.47 bits per heavy atom. The summed E-state index contributed by atoms with van der Waals surface area (Å²) in [5.41, 5.74) is 0.792. The van der Waals surface area contributed by atoms with E-state index in [2.05, 4.69) is 0 Å². The summed E-state index contributed by atoms with van der Waals surface area (Å²) >= 11 is 0. The van der Waals surface area contributed by atoms with Crippen LogP contribution in [0.2, 0.25) is 0 Å². The largest absolute Gasteiger partial charge is 0.466 e. The highest BCUT2D eigenvalue weighted by Gasteiger charge is 2.61. The van der Waals surface area contributed by atoms with Crippen LogP contribution in [0.5, 0.6) is 0 Å². The molecule has 30 heavy (non-hydrogen) atoms. The van der Waals surface area contributed by atoms with Crippen LogP contribution in [-0.4, -0.2) is 76.6 Å². The van der Waals surface area contributed by atoms with Crippen molar-refractivity contribution < 1.29 is 38.7 Å². The van der Waals surface area contributed by atoms with Crippen LogP contribution in [0.3, 0.4) is 0 Å². The molecule has 0 radical (unpaired) electrons. The molecule has 2 N–H and O–H groups in total. The number of carbonyl (C=O) groups excluding carboxylic acids is 2. The van der Waals surface area contributed by atoms with Gasteiger partial charge in [0, 0.05) is 0 Å². The molecule has 2 aliphatic heterocycles. The molecule has 1 aromatic rings. The number of likely N-dealkylation sites (tertiary alicyclic amines) is 1. The molecule has 5 atom stereocenters. The highest BCUT2D eigenvalue weighted by molar-refractivity contribution is 5.74. The van der Waals surface area contributed by atoms with E-state index in [1.807, 2.05) is 30.3 Å². The van der Waals surface area contributed by atoms with Gasteiger partial charge in [0.15, 0.2) is 5.79 Å². The Morgan fingerprint density at radius 2 is 1.83 bits per heavy atom. The highest BCUT2D eigenvalue weighted by atomic mass is 16.8. The molecule has 166 valence electrons. The SMILES string of the molecule is CCOC(=O)C[C@@H]1[C@H]2OC(C)(C)O[C@H]2[C@H]([C@H](O)CO)N1C(=O)OCc1ccccc1. The third kappa shape index (κ3) is 4.75. The first-order valence-corrected chi connectivity index (χ1v) is 10.1. The number of benzene rings is 1. The topological polar surface area (TPSA) is 115 Å². The first-order chi connectivity index (χ1) is 14.3. The van der Waals surface area contributed by atoms with Gasteiger partial charge in [0.05, 0.1) is 31.7 Å². The Hall–Kier alpha value is -2.20. The molecule has 0 unspecified atom stereocenters. The molecule has 3 rings (SSSR count). The molecule has 2 heterocycles. The summed E-state index contributed by atoms with van der Waals surface area (Å²) in [6.45, 7) is 4.75. The molecule has 9 nitrogen and oxygen atoms in total. The first-order valence-electron chi connectivity index (χ1n) is 10.1. The minimum absolute atomic E-state index is 0.0206. The standard InChI is InChI=1S/C21H29NO8/c1-4-27-16(25)10-14-18-19(30-21(2,3)29-18)17(15(24)11-23)22(14)20(26)28-12-13-8-6-5-7-9-13/h5-9,14-15,17-19,23-24H,4,10-12H2,1-3H3/t14-,15-,17+,18-,19+/m1/s1. The van der Waals surface area contributed by atoms with E-state index in [0.29, 0.717) is 0 Å². The zero-order valence-electron chi connectivity index (χ0n) is 17.4. The van der Waals surface area contributed by atoms with Gasteiger partial charge in [-0.1, -0.05) is 30.3 Å². The van der Waals surface area contributed by atoms with Crippen molar-refractivity contribution in [3.05, 3.63) is 35.9 Å². The summed E-state index contributed by atoms with van der Waals surface area (Å²) in [6.07, 6.45) is -3.59. The van der Waals surface area contributed by atoms with Crippen LogP contribution in [0.1, 0.15) is 32.8 Å². The van der Waals surface area contributed by atoms with Crippen LogP contribution in [-0.2, 0) is 30.3 Å². The van der Waals surface area contributed by atoms with Gasteiger partial charge in [-0.15, -0.1) is 0 Å². The summed E-state index contributed by atoms with van der Waals surface area (Å²) in [7, 11) is 0. The summed E-state index contributed by atoms with van der Waals surface area (Å²) in [6, 6.07) is 7.43. The molecule has 9 heteroatoms. The van der Waals surface area contributed by atoms with Gasteiger partial charge in [-0.25, -0.2) is 4.79 Å². The number of carbonyl (C=O) groups is 2. The number of esters is 1. The number of rotatable bonds is 7. The predicted octanol–water partition coefficient (Wildman–Crippen LogP) is 1.20. The summed E-state index contributed by atoms with van der Waals surface area (Å²) < 4.78 is 22.4. The van der Waals surface area contributed by atoms with E-state index in [0.717, 1.165) is 5.56 Å². The van der Waals surface area contributed by atoms with Crippen LogP contribution in [0.25, 0.3) is 0 Å². The summed E-state index contributed by atoms with van der Waals surface area (Å²) in [5, 5.41) is 20.1. The average molecular weight is 423 g/mol. The molecule has 2 fully saturated rings. The second kappa shape index (κ2) is 9.30. The van der Waals surface area contributed by atoms with Crippen molar-refractivity contribution in [2.24, 2.45) is 0 Å².